The van der Waals surface area contributed by atoms with E-state index in [1.165, 1.54) is 6.42 Å². The molecule has 0 saturated carbocycles. The van der Waals surface area contributed by atoms with Crippen molar-refractivity contribution >= 4 is 6.03 Å². The lowest BCUT2D eigenvalue weighted by molar-refractivity contribution is 0.111. The average Bonchev–Trinajstić information content (AvgIpc) is 2.32. The van der Waals surface area contributed by atoms with Crippen LogP contribution in [0.1, 0.15) is 33.1 Å². The molecule has 0 aromatic carbocycles. The van der Waals surface area contributed by atoms with E-state index in [1.54, 1.807) is 0 Å². The normalized spacial score (nSPS) is 34.9. The molecule has 2 fully saturated rings. The lowest BCUT2D eigenvalue weighted by Crippen LogP contribution is -2.54. The second kappa shape index (κ2) is 5.25. The van der Waals surface area contributed by atoms with Crippen molar-refractivity contribution < 1.29 is 4.79 Å². The smallest absolute Gasteiger partial charge is 0.320 e. The molecule has 0 spiro atoms. The highest BCUT2D eigenvalue weighted by molar-refractivity contribution is 5.74. The minimum atomic E-state index is 0.148. The maximum absolute atomic E-state index is 12.3. The standard InChI is InChI=1S/C13H25N3O/c1-10-4-3-6-15(8-10)13(17)16-7-5-11(2)12(14)9-16/h10-12H,3-9,14H2,1-2H3. The topological polar surface area (TPSA) is 49.6 Å². The van der Waals surface area contributed by atoms with E-state index in [4.69, 9.17) is 5.73 Å². The zero-order valence-electron chi connectivity index (χ0n) is 11.1. The summed E-state index contributed by atoms with van der Waals surface area (Å²) in [5, 5.41) is 0. The van der Waals surface area contributed by atoms with Crippen LogP contribution in [0.3, 0.4) is 0 Å². The van der Waals surface area contributed by atoms with Crippen LogP contribution in [0.4, 0.5) is 4.79 Å². The molecule has 3 atom stereocenters. The summed E-state index contributed by atoms with van der Waals surface area (Å²) in [7, 11) is 0. The van der Waals surface area contributed by atoms with E-state index in [0.29, 0.717) is 11.8 Å². The van der Waals surface area contributed by atoms with E-state index in [1.807, 2.05) is 9.80 Å². The highest BCUT2D eigenvalue weighted by Gasteiger charge is 2.30. The van der Waals surface area contributed by atoms with E-state index in [0.717, 1.165) is 39.0 Å². The summed E-state index contributed by atoms with van der Waals surface area (Å²) in [6, 6.07) is 0.355. The van der Waals surface area contributed by atoms with Crippen LogP contribution >= 0.6 is 0 Å². The van der Waals surface area contributed by atoms with Gasteiger partial charge in [-0.3, -0.25) is 0 Å². The van der Waals surface area contributed by atoms with Gasteiger partial charge >= 0.3 is 6.03 Å². The maximum Gasteiger partial charge on any atom is 0.320 e. The Bertz CT molecular complexity index is 282. The van der Waals surface area contributed by atoms with Gasteiger partial charge in [0.2, 0.25) is 0 Å². The first-order chi connectivity index (χ1) is 8.08. The largest absolute Gasteiger partial charge is 0.326 e. The summed E-state index contributed by atoms with van der Waals surface area (Å²) in [6.45, 7) is 7.84. The lowest BCUT2D eigenvalue weighted by atomic mass is 9.94. The van der Waals surface area contributed by atoms with Crippen molar-refractivity contribution in [3.8, 4) is 0 Å². The van der Waals surface area contributed by atoms with Crippen LogP contribution < -0.4 is 5.73 Å². The van der Waals surface area contributed by atoms with Gasteiger partial charge in [0.1, 0.15) is 0 Å². The number of rotatable bonds is 0. The van der Waals surface area contributed by atoms with Gasteiger partial charge in [0.05, 0.1) is 0 Å². The zero-order valence-corrected chi connectivity index (χ0v) is 11.1. The van der Waals surface area contributed by atoms with Gasteiger partial charge in [0, 0.05) is 32.2 Å². The van der Waals surface area contributed by atoms with Crippen LogP contribution in [-0.4, -0.2) is 48.1 Å². The van der Waals surface area contributed by atoms with Gasteiger partial charge in [-0.05, 0) is 31.1 Å². The van der Waals surface area contributed by atoms with Crippen molar-refractivity contribution in [1.29, 1.82) is 0 Å². The Kier molecular flexibility index (Phi) is 3.92. The van der Waals surface area contributed by atoms with E-state index in [-0.39, 0.29) is 12.1 Å². The molecule has 2 amide bonds. The quantitative estimate of drug-likeness (QED) is 0.696. The summed E-state index contributed by atoms with van der Waals surface area (Å²) >= 11 is 0. The third-order valence-electron chi connectivity index (χ3n) is 4.21. The fraction of sp³-hybridized carbons (Fsp3) is 0.923. The average molecular weight is 239 g/mol. The first kappa shape index (κ1) is 12.7. The second-order valence-electron chi connectivity index (χ2n) is 5.85. The molecule has 2 heterocycles. The maximum atomic E-state index is 12.3. The first-order valence-electron chi connectivity index (χ1n) is 6.87. The molecule has 2 rings (SSSR count). The van der Waals surface area contributed by atoms with Gasteiger partial charge in [0.25, 0.3) is 0 Å². The Balaban J connectivity index is 1.91. The van der Waals surface area contributed by atoms with Gasteiger partial charge in [-0.15, -0.1) is 0 Å². The minimum Gasteiger partial charge on any atom is -0.326 e. The highest BCUT2D eigenvalue weighted by Crippen LogP contribution is 2.20. The monoisotopic (exact) mass is 239 g/mol. The second-order valence-corrected chi connectivity index (χ2v) is 5.85. The molecule has 2 saturated heterocycles. The summed E-state index contributed by atoms with van der Waals surface area (Å²) in [6.07, 6.45) is 3.43. The molecule has 3 unspecified atom stereocenters. The molecule has 0 aromatic heterocycles. The number of amides is 2. The zero-order chi connectivity index (χ0) is 12.4. The van der Waals surface area contributed by atoms with Crippen molar-refractivity contribution in [2.45, 2.75) is 39.2 Å². The molecule has 2 N–H and O–H groups in total. The minimum absolute atomic E-state index is 0.148. The van der Waals surface area contributed by atoms with Crippen molar-refractivity contribution in [3.05, 3.63) is 0 Å². The number of carbonyl (C=O) groups excluding carboxylic acids is 1. The number of hydrogen-bond acceptors (Lipinski definition) is 2. The van der Waals surface area contributed by atoms with E-state index in [2.05, 4.69) is 13.8 Å². The molecular weight excluding hydrogens is 214 g/mol. The highest BCUT2D eigenvalue weighted by atomic mass is 16.2. The van der Waals surface area contributed by atoms with Crippen LogP contribution in [-0.2, 0) is 0 Å². The van der Waals surface area contributed by atoms with Crippen molar-refractivity contribution in [1.82, 2.24) is 9.80 Å². The van der Waals surface area contributed by atoms with Gasteiger partial charge in [-0.1, -0.05) is 13.8 Å². The van der Waals surface area contributed by atoms with Gasteiger partial charge in [-0.2, -0.15) is 0 Å². The van der Waals surface area contributed by atoms with Gasteiger partial charge in [-0.25, -0.2) is 4.79 Å². The number of nitrogens with zero attached hydrogens (tertiary/aromatic N) is 2. The predicted octanol–water partition coefficient (Wildman–Crippen LogP) is 1.51. The fourth-order valence-electron chi connectivity index (χ4n) is 2.84. The molecule has 4 heteroatoms. The summed E-state index contributed by atoms with van der Waals surface area (Å²) in [5.74, 6) is 1.18. The number of nitrogens with two attached hydrogens (primary N) is 1. The third kappa shape index (κ3) is 2.92. The molecule has 4 nitrogen and oxygen atoms in total. The summed E-state index contributed by atoms with van der Waals surface area (Å²) < 4.78 is 0. The third-order valence-corrected chi connectivity index (χ3v) is 4.21. The number of likely N-dealkylation sites (tertiary alicyclic amines) is 2. The van der Waals surface area contributed by atoms with E-state index in [9.17, 15) is 4.79 Å². The van der Waals surface area contributed by atoms with Crippen molar-refractivity contribution in [3.63, 3.8) is 0 Å². The van der Waals surface area contributed by atoms with Crippen LogP contribution in [0.2, 0.25) is 0 Å². The molecule has 0 aromatic rings. The molecule has 0 aliphatic carbocycles. The van der Waals surface area contributed by atoms with Gasteiger partial charge < -0.3 is 15.5 Å². The molecule has 0 radical (unpaired) electrons. The molecule has 98 valence electrons. The molecule has 17 heavy (non-hydrogen) atoms. The number of carbonyl (C=O) groups is 1. The molecule has 2 aliphatic heterocycles. The summed E-state index contributed by atoms with van der Waals surface area (Å²) in [5.41, 5.74) is 6.05. The van der Waals surface area contributed by atoms with Crippen LogP contribution in [0, 0.1) is 11.8 Å². The summed E-state index contributed by atoms with van der Waals surface area (Å²) in [4.78, 5) is 16.3. The van der Waals surface area contributed by atoms with Crippen LogP contribution in [0.5, 0.6) is 0 Å². The number of urea groups is 1. The first-order valence-corrected chi connectivity index (χ1v) is 6.87. The SMILES string of the molecule is CC1CCCN(C(=O)N2CCC(C)C(N)C2)C1. The molecule has 0 bridgehead atoms. The van der Waals surface area contributed by atoms with E-state index < -0.39 is 0 Å². The Morgan fingerprint density at radius 1 is 1.12 bits per heavy atom. The Morgan fingerprint density at radius 2 is 1.82 bits per heavy atom. The molecular formula is C13H25N3O. The Morgan fingerprint density at radius 3 is 2.47 bits per heavy atom. The predicted molar refractivity (Wildman–Crippen MR) is 68.7 cm³/mol. The Labute approximate surface area is 104 Å². The van der Waals surface area contributed by atoms with Crippen LogP contribution in [0.15, 0.2) is 0 Å². The van der Waals surface area contributed by atoms with Gasteiger partial charge in [0.15, 0.2) is 0 Å². The lowest BCUT2D eigenvalue weighted by Gasteiger charge is -2.40. The number of piperidine rings is 2. The van der Waals surface area contributed by atoms with E-state index >= 15 is 0 Å². The number of hydrogen-bond donors (Lipinski definition) is 1. The Hall–Kier alpha value is -0.770. The fourth-order valence-corrected chi connectivity index (χ4v) is 2.84. The molecule has 2 aliphatic rings. The van der Waals surface area contributed by atoms with Crippen molar-refractivity contribution in [2.75, 3.05) is 26.2 Å². The van der Waals surface area contributed by atoms with Crippen LogP contribution in [0.25, 0.3) is 0 Å². The van der Waals surface area contributed by atoms with Crippen molar-refractivity contribution in [2.24, 2.45) is 17.6 Å².